The van der Waals surface area contributed by atoms with Crippen LogP contribution in [-0.2, 0) is 15.7 Å². The van der Waals surface area contributed by atoms with Crippen LogP contribution >= 0.6 is 24.0 Å². The highest BCUT2D eigenvalue weighted by molar-refractivity contribution is 14.0. The Kier molecular flexibility index (Phi) is 9.86. The third-order valence-electron chi connectivity index (χ3n) is 5.49. The largest absolute Gasteiger partial charge is 0.416 e. The third kappa shape index (κ3) is 7.39. The van der Waals surface area contributed by atoms with Gasteiger partial charge >= 0.3 is 6.18 Å². The van der Waals surface area contributed by atoms with Gasteiger partial charge in [-0.3, -0.25) is 4.79 Å². The van der Waals surface area contributed by atoms with Gasteiger partial charge in [-0.15, -0.1) is 24.0 Å². The van der Waals surface area contributed by atoms with E-state index in [1.807, 2.05) is 9.80 Å². The number of amides is 1. The number of benzene rings is 1. The van der Waals surface area contributed by atoms with Crippen molar-refractivity contribution in [3.8, 4) is 0 Å². The lowest BCUT2D eigenvalue weighted by Crippen LogP contribution is -2.53. The van der Waals surface area contributed by atoms with Gasteiger partial charge in [0.25, 0.3) is 0 Å². The van der Waals surface area contributed by atoms with E-state index in [4.69, 9.17) is 4.74 Å². The number of halogens is 4. The first-order valence-corrected chi connectivity index (χ1v) is 10.5. The van der Waals surface area contributed by atoms with E-state index in [9.17, 15) is 18.0 Å². The zero-order chi connectivity index (χ0) is 22.4. The maximum Gasteiger partial charge on any atom is 0.416 e. The van der Waals surface area contributed by atoms with Crippen molar-refractivity contribution >= 4 is 41.5 Å². The number of likely N-dealkylation sites (N-methyl/N-ethyl adjacent to an activating group) is 1. The van der Waals surface area contributed by atoms with Crippen molar-refractivity contribution in [2.75, 3.05) is 64.9 Å². The maximum absolute atomic E-state index is 13.0. The van der Waals surface area contributed by atoms with Crippen LogP contribution in [0.2, 0.25) is 0 Å². The third-order valence-corrected chi connectivity index (χ3v) is 5.49. The van der Waals surface area contributed by atoms with Crippen LogP contribution in [-0.4, -0.2) is 87.7 Å². The first-order valence-electron chi connectivity index (χ1n) is 10.5. The van der Waals surface area contributed by atoms with Crippen molar-refractivity contribution in [1.82, 2.24) is 15.1 Å². The summed E-state index contributed by atoms with van der Waals surface area (Å²) in [5.74, 6) is 0.536. The summed E-state index contributed by atoms with van der Waals surface area (Å²) in [5.41, 5.74) is -0.0850. The summed E-state index contributed by atoms with van der Waals surface area (Å²) in [6.07, 6.45) is -2.21. The number of aliphatic imine (C=N–C) groups is 1. The molecule has 3 rings (SSSR count). The number of carbonyl (C=O) groups excluding carboxylic acids is 1. The second-order valence-electron chi connectivity index (χ2n) is 7.97. The molecule has 2 fully saturated rings. The molecule has 1 aromatic carbocycles. The summed E-state index contributed by atoms with van der Waals surface area (Å²) in [4.78, 5) is 22.0. The molecule has 0 spiro atoms. The maximum atomic E-state index is 13.0. The normalized spacial score (nSPS) is 19.5. The molecule has 1 unspecified atom stereocenters. The highest BCUT2D eigenvalue weighted by Gasteiger charge is 2.31. The monoisotopic (exact) mass is 569 g/mol. The van der Waals surface area contributed by atoms with E-state index in [2.05, 4.69) is 10.3 Å². The molecule has 1 amide bonds. The number of hydrogen-bond acceptors (Lipinski definition) is 4. The van der Waals surface area contributed by atoms with Gasteiger partial charge in [0.05, 0.1) is 11.7 Å². The number of alkyl halides is 3. The van der Waals surface area contributed by atoms with Crippen molar-refractivity contribution in [3.63, 3.8) is 0 Å². The molecule has 32 heavy (non-hydrogen) atoms. The number of rotatable bonds is 5. The second kappa shape index (κ2) is 11.9. The van der Waals surface area contributed by atoms with Gasteiger partial charge in [0, 0.05) is 59.1 Å². The van der Waals surface area contributed by atoms with E-state index in [1.165, 1.54) is 17.0 Å². The molecule has 2 saturated heterocycles. The topological polar surface area (TPSA) is 60.4 Å². The SMILES string of the molecule is CN(C)C(=O)CN=C(NCC1CCCO1)N1CCN(c2cccc(C(F)(F)F)c2)CC1.I. The minimum absolute atomic E-state index is 0. The van der Waals surface area contributed by atoms with E-state index in [0.29, 0.717) is 44.4 Å². The fraction of sp³-hybridized carbons (Fsp3) is 0.619. The lowest BCUT2D eigenvalue weighted by atomic mass is 10.1. The van der Waals surface area contributed by atoms with Gasteiger partial charge in [0.1, 0.15) is 6.54 Å². The molecule has 1 N–H and O–H groups in total. The van der Waals surface area contributed by atoms with E-state index >= 15 is 0 Å². The fourth-order valence-corrected chi connectivity index (χ4v) is 3.62. The zero-order valence-corrected chi connectivity index (χ0v) is 20.7. The molecule has 11 heteroatoms. The number of nitrogens with one attached hydrogen (secondary N) is 1. The molecular weight excluding hydrogens is 538 g/mol. The van der Waals surface area contributed by atoms with Gasteiger partial charge < -0.3 is 24.8 Å². The Labute approximate surface area is 204 Å². The number of ether oxygens (including phenoxy) is 1. The Morgan fingerprint density at radius 1 is 1.25 bits per heavy atom. The Bertz CT molecular complexity index is 777. The quantitative estimate of drug-likeness (QED) is 0.336. The van der Waals surface area contributed by atoms with Crippen molar-refractivity contribution in [1.29, 1.82) is 0 Å². The number of nitrogens with zero attached hydrogens (tertiary/aromatic N) is 4. The zero-order valence-electron chi connectivity index (χ0n) is 18.4. The molecule has 1 atom stereocenters. The van der Waals surface area contributed by atoms with Gasteiger partial charge in [-0.1, -0.05) is 6.07 Å². The van der Waals surface area contributed by atoms with E-state index < -0.39 is 11.7 Å². The van der Waals surface area contributed by atoms with Crippen LogP contribution in [0.15, 0.2) is 29.3 Å². The molecule has 2 heterocycles. The fourth-order valence-electron chi connectivity index (χ4n) is 3.62. The molecule has 2 aliphatic rings. The van der Waals surface area contributed by atoms with Gasteiger partial charge in [0.2, 0.25) is 5.91 Å². The lowest BCUT2D eigenvalue weighted by molar-refractivity contribution is -0.137. The molecule has 0 aliphatic carbocycles. The summed E-state index contributed by atoms with van der Waals surface area (Å²) in [5, 5.41) is 3.32. The van der Waals surface area contributed by atoms with Gasteiger partial charge in [-0.25, -0.2) is 4.99 Å². The lowest BCUT2D eigenvalue weighted by Gasteiger charge is -2.38. The summed E-state index contributed by atoms with van der Waals surface area (Å²) in [6, 6.07) is 5.41. The first-order chi connectivity index (χ1) is 14.7. The van der Waals surface area contributed by atoms with E-state index in [0.717, 1.165) is 25.5 Å². The minimum atomic E-state index is -4.36. The van der Waals surface area contributed by atoms with Crippen molar-refractivity contribution in [3.05, 3.63) is 29.8 Å². The molecule has 2 aliphatic heterocycles. The highest BCUT2D eigenvalue weighted by atomic mass is 127. The van der Waals surface area contributed by atoms with Gasteiger partial charge in [-0.2, -0.15) is 13.2 Å². The molecule has 180 valence electrons. The van der Waals surface area contributed by atoms with Crippen LogP contribution in [0.3, 0.4) is 0 Å². The predicted molar refractivity (Wildman–Crippen MR) is 129 cm³/mol. The Morgan fingerprint density at radius 3 is 2.56 bits per heavy atom. The number of hydrogen-bond donors (Lipinski definition) is 1. The second-order valence-corrected chi connectivity index (χ2v) is 7.97. The molecule has 7 nitrogen and oxygen atoms in total. The van der Waals surface area contributed by atoms with Crippen LogP contribution in [0.5, 0.6) is 0 Å². The summed E-state index contributed by atoms with van der Waals surface area (Å²) < 4.78 is 44.7. The number of piperazine rings is 1. The molecule has 1 aromatic rings. The van der Waals surface area contributed by atoms with Crippen LogP contribution in [0, 0.1) is 0 Å². The summed E-state index contributed by atoms with van der Waals surface area (Å²) >= 11 is 0. The molecule has 0 aromatic heterocycles. The van der Waals surface area contributed by atoms with Crippen LogP contribution in [0.25, 0.3) is 0 Å². The molecular formula is C21H31F3IN5O2. The minimum Gasteiger partial charge on any atom is -0.376 e. The van der Waals surface area contributed by atoms with Crippen molar-refractivity contribution in [2.45, 2.75) is 25.1 Å². The Morgan fingerprint density at radius 2 is 1.97 bits per heavy atom. The standard InChI is InChI=1S/C21H30F3N5O2.HI/c1-27(2)19(30)15-26-20(25-14-18-7-4-12-31-18)29-10-8-28(9-11-29)17-6-3-5-16(13-17)21(22,23)24;/h3,5-6,13,18H,4,7-12,14-15H2,1-2H3,(H,25,26);1H. The summed E-state index contributed by atoms with van der Waals surface area (Å²) in [7, 11) is 3.37. The van der Waals surface area contributed by atoms with E-state index in [-0.39, 0.29) is 42.5 Å². The number of anilines is 1. The van der Waals surface area contributed by atoms with E-state index in [1.54, 1.807) is 20.2 Å². The average Bonchev–Trinajstić information content (AvgIpc) is 3.27. The number of guanidine groups is 1. The number of carbonyl (C=O) groups is 1. The van der Waals surface area contributed by atoms with Crippen LogP contribution in [0.4, 0.5) is 18.9 Å². The average molecular weight is 569 g/mol. The molecule has 0 bridgehead atoms. The molecule has 0 radical (unpaired) electrons. The molecule has 0 saturated carbocycles. The smallest absolute Gasteiger partial charge is 0.376 e. The van der Waals surface area contributed by atoms with Gasteiger partial charge in [-0.05, 0) is 31.0 Å². The van der Waals surface area contributed by atoms with Crippen molar-refractivity contribution in [2.24, 2.45) is 4.99 Å². The van der Waals surface area contributed by atoms with Crippen LogP contribution < -0.4 is 10.2 Å². The summed E-state index contributed by atoms with van der Waals surface area (Å²) in [6.45, 7) is 3.70. The van der Waals surface area contributed by atoms with Crippen LogP contribution in [0.1, 0.15) is 18.4 Å². The van der Waals surface area contributed by atoms with Gasteiger partial charge in [0.15, 0.2) is 5.96 Å². The Hall–Kier alpha value is -1.76. The Balaban J connectivity index is 0.00000363. The predicted octanol–water partition coefficient (Wildman–Crippen LogP) is 2.66. The van der Waals surface area contributed by atoms with Crippen molar-refractivity contribution < 1.29 is 22.7 Å². The first kappa shape index (κ1) is 26.5. The highest BCUT2D eigenvalue weighted by Crippen LogP contribution is 2.31.